The summed E-state index contributed by atoms with van der Waals surface area (Å²) >= 11 is 0. The van der Waals surface area contributed by atoms with E-state index in [1.807, 2.05) is 0 Å². The number of carbonyl (C=O) groups excluding carboxylic acids is 1. The van der Waals surface area contributed by atoms with Gasteiger partial charge in [0.2, 0.25) is 0 Å². The molecule has 0 aromatic heterocycles. The zero-order valence-corrected chi connectivity index (χ0v) is 8.51. The van der Waals surface area contributed by atoms with E-state index in [1.54, 1.807) is 0 Å². The number of rotatable bonds is 1. The van der Waals surface area contributed by atoms with Crippen molar-refractivity contribution < 1.29 is 31.1 Å². The summed E-state index contributed by atoms with van der Waals surface area (Å²) in [6, 6.07) is 4.18. The van der Waals surface area contributed by atoms with E-state index in [0.717, 1.165) is 12.1 Å². The fourth-order valence-corrected chi connectivity index (χ4v) is 1.07. The van der Waals surface area contributed by atoms with Gasteiger partial charge in [-0.3, -0.25) is 0 Å². The SMILES string of the molecule is O=C(Nc1ccccc1)N(C(F)(F)F)C(F)(F)F. The fourth-order valence-electron chi connectivity index (χ4n) is 1.07. The normalized spacial score (nSPS) is 12.1. The summed E-state index contributed by atoms with van der Waals surface area (Å²) in [6.45, 7) is 0. The number of para-hydroxylation sites is 1. The molecule has 0 fully saturated rings. The lowest BCUT2D eigenvalue weighted by atomic mass is 10.3. The van der Waals surface area contributed by atoms with Crippen LogP contribution in [0, 0.1) is 0 Å². The minimum Gasteiger partial charge on any atom is -0.307 e. The summed E-state index contributed by atoms with van der Waals surface area (Å²) in [5.41, 5.74) is -0.180. The zero-order valence-electron chi connectivity index (χ0n) is 8.51. The van der Waals surface area contributed by atoms with Crippen molar-refractivity contribution in [3.63, 3.8) is 0 Å². The first-order valence-electron chi connectivity index (χ1n) is 4.42. The maximum atomic E-state index is 12.1. The van der Waals surface area contributed by atoms with Crippen molar-refractivity contribution in [2.24, 2.45) is 0 Å². The number of amides is 2. The number of alkyl halides is 6. The minimum atomic E-state index is -5.85. The van der Waals surface area contributed by atoms with Gasteiger partial charge in [-0.15, -0.1) is 31.2 Å². The van der Waals surface area contributed by atoms with Crippen LogP contribution in [0.1, 0.15) is 0 Å². The Morgan fingerprint density at radius 1 is 0.944 bits per heavy atom. The average molecular weight is 272 g/mol. The van der Waals surface area contributed by atoms with Crippen molar-refractivity contribution in [3.8, 4) is 0 Å². The molecule has 0 unspecified atom stereocenters. The number of halogens is 6. The van der Waals surface area contributed by atoms with Crippen molar-refractivity contribution in [3.05, 3.63) is 30.3 Å². The molecule has 3 nitrogen and oxygen atoms in total. The molecule has 0 heterocycles. The minimum absolute atomic E-state index is 0.180. The van der Waals surface area contributed by atoms with Gasteiger partial charge in [0.15, 0.2) is 0 Å². The third kappa shape index (κ3) is 3.54. The number of carbonyl (C=O) groups is 1. The molecule has 0 aliphatic heterocycles. The molecule has 0 bridgehead atoms. The van der Waals surface area contributed by atoms with E-state index in [4.69, 9.17) is 0 Å². The molecule has 1 N–H and O–H groups in total. The summed E-state index contributed by atoms with van der Waals surface area (Å²) in [6.07, 6.45) is -11.7. The molecular formula is C9H6F6N2O. The van der Waals surface area contributed by atoms with Crippen LogP contribution in [0.5, 0.6) is 0 Å². The molecule has 1 aromatic carbocycles. The first kappa shape index (κ1) is 14.1. The Morgan fingerprint density at radius 2 is 1.39 bits per heavy atom. The molecule has 2 amide bonds. The topological polar surface area (TPSA) is 32.3 Å². The summed E-state index contributed by atoms with van der Waals surface area (Å²) < 4.78 is 72.7. The highest BCUT2D eigenvalue weighted by Gasteiger charge is 2.57. The van der Waals surface area contributed by atoms with E-state index in [0.29, 0.717) is 0 Å². The first-order chi connectivity index (χ1) is 8.12. The standard InChI is InChI=1S/C9H6F6N2O/c10-8(11,12)17(9(13,14)15)7(18)16-6-4-2-1-3-5-6/h1-5H,(H,16,18). The highest BCUT2D eigenvalue weighted by atomic mass is 19.4. The van der Waals surface area contributed by atoms with E-state index in [9.17, 15) is 31.1 Å². The van der Waals surface area contributed by atoms with E-state index in [1.165, 1.54) is 23.5 Å². The number of nitrogens with zero attached hydrogens (tertiary/aromatic N) is 1. The number of nitrogens with one attached hydrogen (secondary N) is 1. The van der Waals surface area contributed by atoms with E-state index in [-0.39, 0.29) is 5.69 Å². The number of hydrogen-bond acceptors (Lipinski definition) is 1. The van der Waals surface area contributed by atoms with Crippen molar-refractivity contribution in [1.29, 1.82) is 0 Å². The molecule has 0 saturated carbocycles. The fraction of sp³-hybridized carbons (Fsp3) is 0.222. The van der Waals surface area contributed by atoms with Crippen LogP contribution >= 0.6 is 0 Å². The largest absolute Gasteiger partial charge is 0.495 e. The predicted molar refractivity (Wildman–Crippen MR) is 49.4 cm³/mol. The lowest BCUT2D eigenvalue weighted by Crippen LogP contribution is -2.53. The van der Waals surface area contributed by atoms with Gasteiger partial charge in [0.25, 0.3) is 0 Å². The van der Waals surface area contributed by atoms with Gasteiger partial charge >= 0.3 is 18.6 Å². The summed E-state index contributed by atoms with van der Waals surface area (Å²) in [5.74, 6) is 0. The van der Waals surface area contributed by atoms with Crippen LogP contribution in [-0.2, 0) is 0 Å². The van der Waals surface area contributed by atoms with Gasteiger partial charge in [0, 0.05) is 5.69 Å². The van der Waals surface area contributed by atoms with Crippen LogP contribution in [0.25, 0.3) is 0 Å². The van der Waals surface area contributed by atoms with E-state index >= 15 is 0 Å². The van der Waals surface area contributed by atoms with Crippen molar-refractivity contribution >= 4 is 11.7 Å². The average Bonchev–Trinajstić information content (AvgIpc) is 2.13. The van der Waals surface area contributed by atoms with Gasteiger partial charge in [-0.05, 0) is 12.1 Å². The van der Waals surface area contributed by atoms with Gasteiger partial charge in [0.1, 0.15) is 0 Å². The second kappa shape index (κ2) is 4.75. The highest BCUT2D eigenvalue weighted by Crippen LogP contribution is 2.33. The second-order valence-corrected chi connectivity index (χ2v) is 3.07. The van der Waals surface area contributed by atoms with Crippen LogP contribution in [0.3, 0.4) is 0 Å². The Balaban J connectivity index is 2.92. The van der Waals surface area contributed by atoms with Gasteiger partial charge in [-0.1, -0.05) is 18.2 Å². The molecule has 0 saturated heterocycles. The van der Waals surface area contributed by atoms with Crippen LogP contribution in [0.2, 0.25) is 0 Å². The Labute approximate surface area is 97.0 Å². The van der Waals surface area contributed by atoms with Crippen molar-refractivity contribution in [1.82, 2.24) is 4.90 Å². The maximum absolute atomic E-state index is 12.1. The number of anilines is 1. The Bertz CT molecular complexity index is 399. The van der Waals surface area contributed by atoms with Crippen LogP contribution in [0.4, 0.5) is 36.8 Å². The molecule has 18 heavy (non-hydrogen) atoms. The molecule has 0 aliphatic carbocycles. The molecule has 0 spiro atoms. The number of hydrogen-bond donors (Lipinski definition) is 1. The predicted octanol–water partition coefficient (Wildman–Crippen LogP) is 3.56. The number of urea groups is 1. The molecule has 1 aromatic rings. The molecule has 0 atom stereocenters. The molecule has 0 aliphatic rings. The molecule has 9 heteroatoms. The first-order valence-corrected chi connectivity index (χ1v) is 4.42. The monoisotopic (exact) mass is 272 g/mol. The van der Waals surface area contributed by atoms with Crippen molar-refractivity contribution in [2.75, 3.05) is 5.32 Å². The molecule has 1 rings (SSSR count). The summed E-state index contributed by atoms with van der Waals surface area (Å²) in [7, 11) is 0. The lowest BCUT2D eigenvalue weighted by Gasteiger charge is -2.26. The van der Waals surface area contributed by atoms with Gasteiger partial charge in [0.05, 0.1) is 0 Å². The van der Waals surface area contributed by atoms with Gasteiger partial charge in [-0.2, -0.15) is 0 Å². The quantitative estimate of drug-likeness (QED) is 0.615. The van der Waals surface area contributed by atoms with Gasteiger partial charge in [-0.25, -0.2) is 4.79 Å². The van der Waals surface area contributed by atoms with Crippen molar-refractivity contribution in [2.45, 2.75) is 12.6 Å². The Kier molecular flexibility index (Phi) is 3.73. The van der Waals surface area contributed by atoms with Gasteiger partial charge < -0.3 is 5.32 Å². The molecular weight excluding hydrogens is 266 g/mol. The highest BCUT2D eigenvalue weighted by molar-refractivity contribution is 5.89. The lowest BCUT2D eigenvalue weighted by molar-refractivity contribution is -0.346. The molecule has 0 radical (unpaired) electrons. The van der Waals surface area contributed by atoms with E-state index in [2.05, 4.69) is 0 Å². The smallest absolute Gasteiger partial charge is 0.307 e. The Hall–Kier alpha value is -1.93. The third-order valence-electron chi connectivity index (χ3n) is 1.74. The van der Waals surface area contributed by atoms with Crippen LogP contribution in [0.15, 0.2) is 30.3 Å². The summed E-state index contributed by atoms with van der Waals surface area (Å²) in [4.78, 5) is 8.85. The maximum Gasteiger partial charge on any atom is 0.495 e. The van der Waals surface area contributed by atoms with Crippen LogP contribution < -0.4 is 5.32 Å². The van der Waals surface area contributed by atoms with Crippen LogP contribution in [-0.4, -0.2) is 23.5 Å². The third-order valence-corrected chi connectivity index (χ3v) is 1.74. The Morgan fingerprint density at radius 3 is 1.78 bits per heavy atom. The molecule has 100 valence electrons. The van der Waals surface area contributed by atoms with E-state index < -0.39 is 23.5 Å². The zero-order chi connectivity index (χ0) is 14.0. The second-order valence-electron chi connectivity index (χ2n) is 3.07. The number of benzene rings is 1. The summed E-state index contributed by atoms with van der Waals surface area (Å²) in [5, 5.41) is 1.50.